The highest BCUT2D eigenvalue weighted by Gasteiger charge is 2.23. The molecule has 0 saturated carbocycles. The summed E-state index contributed by atoms with van der Waals surface area (Å²) >= 11 is 0. The first-order valence-electron chi connectivity index (χ1n) is 7.65. The van der Waals surface area contributed by atoms with Gasteiger partial charge < -0.3 is 31.1 Å². The van der Waals surface area contributed by atoms with Gasteiger partial charge in [-0.05, 0) is 34.1 Å². The fraction of sp³-hybridized carbons (Fsp3) is 0.800. The minimum Gasteiger partial charge on any atom is -0.480 e. The molecule has 0 fully saturated rings. The van der Waals surface area contributed by atoms with Crippen molar-refractivity contribution in [2.45, 2.75) is 51.7 Å². The largest absolute Gasteiger partial charge is 0.480 e. The van der Waals surface area contributed by atoms with Gasteiger partial charge in [-0.15, -0.1) is 0 Å². The molecule has 0 aliphatic rings. The zero-order valence-electron chi connectivity index (χ0n) is 14.7. The average molecular weight is 332 g/mol. The van der Waals surface area contributed by atoms with Crippen molar-refractivity contribution in [1.29, 1.82) is 0 Å². The zero-order chi connectivity index (χ0) is 18.1. The third-order valence-electron chi connectivity index (χ3n) is 3.09. The Balaban J connectivity index is 4.32. The number of aliphatic carboxylic acids is 1. The lowest BCUT2D eigenvalue weighted by Crippen LogP contribution is -2.34. The number of carbonyl (C=O) groups is 1. The van der Waals surface area contributed by atoms with Crippen LogP contribution < -0.4 is 17.3 Å². The van der Waals surface area contributed by atoms with Gasteiger partial charge >= 0.3 is 5.97 Å². The maximum absolute atomic E-state index is 10.6. The number of rotatable bonds is 12. The number of hydrogen-bond donors (Lipinski definition) is 4. The van der Waals surface area contributed by atoms with E-state index in [1.807, 2.05) is 27.7 Å². The smallest absolute Gasteiger partial charge is 0.324 e. The van der Waals surface area contributed by atoms with E-state index in [0.717, 1.165) is 11.4 Å². The van der Waals surface area contributed by atoms with Gasteiger partial charge in [-0.2, -0.15) is 0 Å². The van der Waals surface area contributed by atoms with Crippen molar-refractivity contribution in [3.05, 3.63) is 11.9 Å². The molecular formula is C15H32N4O4. The summed E-state index contributed by atoms with van der Waals surface area (Å²) in [5, 5.41) is 9.69. The highest BCUT2D eigenvalue weighted by atomic mass is 16.5. The van der Waals surface area contributed by atoms with Crippen LogP contribution in [0.1, 0.15) is 40.5 Å². The van der Waals surface area contributed by atoms with Crippen molar-refractivity contribution in [1.82, 2.24) is 5.01 Å². The summed E-state index contributed by atoms with van der Waals surface area (Å²) in [5.41, 5.74) is 11.0. The van der Waals surface area contributed by atoms with E-state index in [9.17, 15) is 4.79 Å². The van der Waals surface area contributed by atoms with Gasteiger partial charge in [0, 0.05) is 24.9 Å². The molecule has 23 heavy (non-hydrogen) atoms. The first kappa shape index (κ1) is 21.6. The summed E-state index contributed by atoms with van der Waals surface area (Å²) in [6.07, 6.45) is 2.57. The van der Waals surface area contributed by atoms with Gasteiger partial charge in [0.05, 0.1) is 24.4 Å². The molecular weight excluding hydrogens is 300 g/mol. The number of ether oxygens (including phenoxy) is 2. The van der Waals surface area contributed by atoms with Crippen molar-refractivity contribution in [3.8, 4) is 0 Å². The predicted molar refractivity (Wildman–Crippen MR) is 89.2 cm³/mol. The Morgan fingerprint density at radius 3 is 2.26 bits per heavy atom. The van der Waals surface area contributed by atoms with Crippen LogP contribution in [0.15, 0.2) is 11.9 Å². The van der Waals surface area contributed by atoms with Crippen LogP contribution in [-0.2, 0) is 14.3 Å². The Kier molecular flexibility index (Phi) is 9.14. The molecule has 0 aromatic heterocycles. The van der Waals surface area contributed by atoms with Crippen molar-refractivity contribution in [2.24, 2.45) is 17.3 Å². The third-order valence-corrected chi connectivity index (χ3v) is 3.09. The highest BCUT2D eigenvalue weighted by Crippen LogP contribution is 2.21. The molecule has 0 radical (unpaired) electrons. The summed E-state index contributed by atoms with van der Waals surface area (Å²) in [5.74, 6) is 4.51. The number of hydrogen-bond acceptors (Lipinski definition) is 7. The van der Waals surface area contributed by atoms with Crippen molar-refractivity contribution in [3.63, 3.8) is 0 Å². The highest BCUT2D eigenvalue weighted by molar-refractivity contribution is 5.69. The molecule has 0 spiro atoms. The number of hydrazine groups is 1. The SMILES string of the molecule is CC(C)(CCOC(C)(C)C/C(N)=C/N(N)CC(=O)O)OCCN. The topological polar surface area (TPSA) is 137 Å². The average Bonchev–Trinajstić information content (AvgIpc) is 2.33. The lowest BCUT2D eigenvalue weighted by molar-refractivity contribution is -0.137. The van der Waals surface area contributed by atoms with Gasteiger partial charge in [0.15, 0.2) is 0 Å². The molecule has 8 nitrogen and oxygen atoms in total. The van der Waals surface area contributed by atoms with Gasteiger partial charge in [0.25, 0.3) is 0 Å². The lowest BCUT2D eigenvalue weighted by Gasteiger charge is -2.30. The van der Waals surface area contributed by atoms with Crippen molar-refractivity contribution < 1.29 is 19.4 Å². The van der Waals surface area contributed by atoms with Gasteiger partial charge in [-0.1, -0.05) is 0 Å². The summed E-state index contributed by atoms with van der Waals surface area (Å²) in [6.45, 7) is 9.02. The molecule has 0 atom stereocenters. The Morgan fingerprint density at radius 2 is 1.74 bits per heavy atom. The van der Waals surface area contributed by atoms with Crippen LogP contribution in [0.5, 0.6) is 0 Å². The van der Waals surface area contributed by atoms with Gasteiger partial charge in [-0.3, -0.25) is 4.79 Å². The second-order valence-corrected chi connectivity index (χ2v) is 6.70. The number of carboxylic acid groups (broad SMARTS) is 1. The van der Waals surface area contributed by atoms with E-state index < -0.39 is 11.6 Å². The number of carboxylic acids is 1. The van der Waals surface area contributed by atoms with Gasteiger partial charge in [-0.25, -0.2) is 5.84 Å². The maximum Gasteiger partial charge on any atom is 0.324 e. The second-order valence-electron chi connectivity index (χ2n) is 6.70. The van der Waals surface area contributed by atoms with E-state index in [2.05, 4.69) is 0 Å². The van der Waals surface area contributed by atoms with Crippen LogP contribution in [0.25, 0.3) is 0 Å². The normalized spacial score (nSPS) is 13.2. The minimum atomic E-state index is -1.02. The molecule has 0 heterocycles. The molecule has 0 aromatic rings. The van der Waals surface area contributed by atoms with Gasteiger partial charge in [0.2, 0.25) is 0 Å². The van der Waals surface area contributed by atoms with E-state index in [-0.39, 0.29) is 12.1 Å². The summed E-state index contributed by atoms with van der Waals surface area (Å²) in [7, 11) is 0. The molecule has 0 saturated heterocycles. The fourth-order valence-electron chi connectivity index (χ4n) is 1.98. The first-order valence-corrected chi connectivity index (χ1v) is 7.65. The van der Waals surface area contributed by atoms with Crippen LogP contribution in [0.2, 0.25) is 0 Å². The second kappa shape index (κ2) is 9.71. The van der Waals surface area contributed by atoms with Gasteiger partial charge in [0.1, 0.15) is 6.54 Å². The monoisotopic (exact) mass is 332 g/mol. The molecule has 0 rings (SSSR count). The first-order chi connectivity index (χ1) is 10.5. The molecule has 7 N–H and O–H groups in total. The summed E-state index contributed by atoms with van der Waals surface area (Å²) in [4.78, 5) is 10.6. The molecule has 8 heteroatoms. The summed E-state index contributed by atoms with van der Waals surface area (Å²) in [6, 6.07) is 0. The van der Waals surface area contributed by atoms with Crippen LogP contribution in [0.4, 0.5) is 0 Å². The Morgan fingerprint density at radius 1 is 1.17 bits per heavy atom. The molecule has 136 valence electrons. The van der Waals surface area contributed by atoms with Crippen molar-refractivity contribution >= 4 is 5.97 Å². The van der Waals surface area contributed by atoms with Crippen LogP contribution >= 0.6 is 0 Å². The Labute approximate surface area is 138 Å². The van der Waals surface area contributed by atoms with E-state index in [4.69, 9.17) is 31.9 Å². The molecule has 0 amide bonds. The number of nitrogens with two attached hydrogens (primary N) is 3. The minimum absolute atomic E-state index is 0.299. The van der Waals surface area contributed by atoms with E-state index >= 15 is 0 Å². The van der Waals surface area contributed by atoms with Crippen LogP contribution in [-0.4, -0.2) is 53.6 Å². The van der Waals surface area contributed by atoms with E-state index in [1.165, 1.54) is 6.20 Å². The van der Waals surface area contributed by atoms with Crippen molar-refractivity contribution in [2.75, 3.05) is 26.3 Å². The van der Waals surface area contributed by atoms with Crippen LogP contribution in [0.3, 0.4) is 0 Å². The number of nitrogens with zero attached hydrogens (tertiary/aromatic N) is 1. The third kappa shape index (κ3) is 11.8. The predicted octanol–water partition coefficient (Wildman–Crippen LogP) is 0.376. The molecule has 0 bridgehead atoms. The summed E-state index contributed by atoms with van der Waals surface area (Å²) < 4.78 is 11.5. The standard InChI is InChI=1S/C15H32N4O4/c1-14(2,23-8-6-16)5-7-22-15(3,4)9-12(17)10-19(18)11-13(20)21/h10H,5-9,11,16-18H2,1-4H3,(H,20,21)/b12-10-. The molecule has 0 aromatic carbocycles. The molecule has 0 aliphatic heterocycles. The Hall–Kier alpha value is -1.35. The lowest BCUT2D eigenvalue weighted by atomic mass is 10.0. The molecule has 0 unspecified atom stereocenters. The van der Waals surface area contributed by atoms with Crippen LogP contribution in [0, 0.1) is 0 Å². The zero-order valence-corrected chi connectivity index (χ0v) is 14.7. The maximum atomic E-state index is 10.6. The molecule has 0 aliphatic carbocycles. The van der Waals surface area contributed by atoms with E-state index in [0.29, 0.717) is 31.9 Å². The van der Waals surface area contributed by atoms with E-state index in [1.54, 1.807) is 0 Å². The quantitative estimate of drug-likeness (QED) is 0.297. The Bertz CT molecular complexity index is 397. The fourth-order valence-corrected chi connectivity index (χ4v) is 1.98.